The maximum absolute atomic E-state index is 13.3. The van der Waals surface area contributed by atoms with Crippen molar-refractivity contribution in [1.29, 1.82) is 0 Å². The van der Waals surface area contributed by atoms with E-state index in [1.807, 2.05) is 6.07 Å². The monoisotopic (exact) mass is 342 g/mol. The highest BCUT2D eigenvalue weighted by molar-refractivity contribution is 5.95. The van der Waals surface area contributed by atoms with Crippen molar-refractivity contribution in [2.45, 2.75) is 19.8 Å². The number of hydrogen-bond donors (Lipinski definition) is 1. The van der Waals surface area contributed by atoms with E-state index >= 15 is 0 Å². The first-order valence-electron chi connectivity index (χ1n) is 8.12. The Morgan fingerprint density at radius 1 is 1.28 bits per heavy atom. The molecular formula is C19H19FN2O3. The number of benzene rings is 2. The van der Waals surface area contributed by atoms with Crippen LogP contribution in [0.25, 0.3) is 0 Å². The predicted octanol–water partition coefficient (Wildman–Crippen LogP) is 3.28. The standard InChI is InChI=1S/C19H19FN2O3/c1-13-7-8-14(20)10-17(13)21-18(23)12-25-16-5-2-4-15(11-16)22-9-3-6-19(22)24/h2,4-5,7-8,10-11H,3,6,9,12H2,1H3,(H,21,23). The Morgan fingerprint density at radius 3 is 2.88 bits per heavy atom. The average Bonchev–Trinajstić information content (AvgIpc) is 3.03. The topological polar surface area (TPSA) is 58.6 Å². The summed E-state index contributed by atoms with van der Waals surface area (Å²) in [6, 6.07) is 11.3. The van der Waals surface area contributed by atoms with Gasteiger partial charge in [-0.25, -0.2) is 4.39 Å². The molecule has 6 heteroatoms. The Labute approximate surface area is 145 Å². The number of amides is 2. The zero-order valence-corrected chi connectivity index (χ0v) is 13.9. The van der Waals surface area contributed by atoms with Gasteiger partial charge in [0.2, 0.25) is 5.91 Å². The predicted molar refractivity (Wildman–Crippen MR) is 93.3 cm³/mol. The number of hydrogen-bond acceptors (Lipinski definition) is 3. The summed E-state index contributed by atoms with van der Waals surface area (Å²) in [7, 11) is 0. The molecule has 1 aliphatic heterocycles. The van der Waals surface area contributed by atoms with Crippen LogP contribution in [0.15, 0.2) is 42.5 Å². The molecule has 2 aromatic carbocycles. The van der Waals surface area contributed by atoms with Crippen molar-refractivity contribution in [2.75, 3.05) is 23.4 Å². The summed E-state index contributed by atoms with van der Waals surface area (Å²) in [6.07, 6.45) is 1.40. The Kier molecular flexibility index (Phi) is 4.97. The number of aryl methyl sites for hydroxylation is 1. The van der Waals surface area contributed by atoms with Crippen LogP contribution in [0.5, 0.6) is 5.75 Å². The van der Waals surface area contributed by atoms with Crippen LogP contribution in [0.4, 0.5) is 15.8 Å². The third kappa shape index (κ3) is 4.15. The smallest absolute Gasteiger partial charge is 0.262 e. The lowest BCUT2D eigenvalue weighted by Crippen LogP contribution is -2.24. The van der Waals surface area contributed by atoms with Crippen LogP contribution in [0.1, 0.15) is 18.4 Å². The van der Waals surface area contributed by atoms with Crippen molar-refractivity contribution >= 4 is 23.2 Å². The van der Waals surface area contributed by atoms with Gasteiger partial charge in [-0.3, -0.25) is 9.59 Å². The van der Waals surface area contributed by atoms with Crippen molar-refractivity contribution in [2.24, 2.45) is 0 Å². The molecule has 0 bridgehead atoms. The van der Waals surface area contributed by atoms with E-state index in [0.717, 1.165) is 17.7 Å². The van der Waals surface area contributed by atoms with Crippen molar-refractivity contribution in [3.63, 3.8) is 0 Å². The lowest BCUT2D eigenvalue weighted by atomic mass is 10.2. The fourth-order valence-corrected chi connectivity index (χ4v) is 2.73. The number of rotatable bonds is 5. The van der Waals surface area contributed by atoms with Gasteiger partial charge in [0.1, 0.15) is 11.6 Å². The van der Waals surface area contributed by atoms with Gasteiger partial charge in [-0.05, 0) is 43.2 Å². The number of carbonyl (C=O) groups excluding carboxylic acids is 2. The van der Waals surface area contributed by atoms with E-state index in [4.69, 9.17) is 4.74 Å². The maximum Gasteiger partial charge on any atom is 0.262 e. The van der Waals surface area contributed by atoms with Crippen LogP contribution >= 0.6 is 0 Å². The number of ether oxygens (including phenoxy) is 1. The van der Waals surface area contributed by atoms with Gasteiger partial charge >= 0.3 is 0 Å². The molecule has 0 atom stereocenters. The van der Waals surface area contributed by atoms with E-state index in [1.165, 1.54) is 12.1 Å². The second-order valence-corrected chi connectivity index (χ2v) is 5.94. The van der Waals surface area contributed by atoms with Crippen LogP contribution in [-0.4, -0.2) is 25.0 Å². The molecule has 0 aromatic heterocycles. The number of carbonyl (C=O) groups is 2. The second kappa shape index (κ2) is 7.34. The highest BCUT2D eigenvalue weighted by Crippen LogP contribution is 2.25. The van der Waals surface area contributed by atoms with Crippen molar-refractivity contribution in [1.82, 2.24) is 0 Å². The molecule has 0 saturated carbocycles. The van der Waals surface area contributed by atoms with Gasteiger partial charge in [0, 0.05) is 30.4 Å². The van der Waals surface area contributed by atoms with Crippen LogP contribution < -0.4 is 15.0 Å². The highest BCUT2D eigenvalue weighted by atomic mass is 19.1. The van der Waals surface area contributed by atoms with Crippen LogP contribution in [0.2, 0.25) is 0 Å². The van der Waals surface area contributed by atoms with Gasteiger partial charge in [0.25, 0.3) is 5.91 Å². The Morgan fingerprint density at radius 2 is 2.12 bits per heavy atom. The number of anilines is 2. The molecule has 3 rings (SSSR count). The third-order valence-corrected chi connectivity index (χ3v) is 4.05. The third-order valence-electron chi connectivity index (χ3n) is 4.05. The number of nitrogens with zero attached hydrogens (tertiary/aromatic N) is 1. The molecule has 130 valence electrons. The lowest BCUT2D eigenvalue weighted by molar-refractivity contribution is -0.118. The van der Waals surface area contributed by atoms with E-state index in [9.17, 15) is 14.0 Å². The van der Waals surface area contributed by atoms with Crippen molar-refractivity contribution in [3.8, 4) is 5.75 Å². The molecule has 1 aliphatic rings. The molecule has 2 aromatic rings. The van der Waals surface area contributed by atoms with E-state index in [2.05, 4.69) is 5.32 Å². The summed E-state index contributed by atoms with van der Waals surface area (Å²) in [5.41, 5.74) is 1.95. The fraction of sp³-hybridized carbons (Fsp3) is 0.263. The minimum Gasteiger partial charge on any atom is -0.484 e. The molecule has 0 spiro atoms. The molecule has 1 N–H and O–H groups in total. The first kappa shape index (κ1) is 17.0. The summed E-state index contributed by atoms with van der Waals surface area (Å²) >= 11 is 0. The number of nitrogens with one attached hydrogen (secondary N) is 1. The molecule has 25 heavy (non-hydrogen) atoms. The normalized spacial score (nSPS) is 13.8. The first-order chi connectivity index (χ1) is 12.0. The van der Waals surface area contributed by atoms with E-state index in [1.54, 1.807) is 36.1 Å². The van der Waals surface area contributed by atoms with Gasteiger partial charge in [-0.15, -0.1) is 0 Å². The van der Waals surface area contributed by atoms with E-state index in [-0.39, 0.29) is 18.4 Å². The zero-order valence-electron chi connectivity index (χ0n) is 13.9. The van der Waals surface area contributed by atoms with Gasteiger partial charge < -0.3 is 15.0 Å². The quantitative estimate of drug-likeness (QED) is 0.907. The molecule has 1 heterocycles. The number of halogens is 1. The lowest BCUT2D eigenvalue weighted by Gasteiger charge is -2.16. The van der Waals surface area contributed by atoms with E-state index in [0.29, 0.717) is 24.4 Å². The van der Waals surface area contributed by atoms with Gasteiger partial charge in [0.05, 0.1) is 0 Å². The van der Waals surface area contributed by atoms with E-state index < -0.39 is 5.82 Å². The van der Waals surface area contributed by atoms with Gasteiger partial charge in [-0.1, -0.05) is 12.1 Å². The SMILES string of the molecule is Cc1ccc(F)cc1NC(=O)COc1cccc(N2CCCC2=O)c1. The van der Waals surface area contributed by atoms with Gasteiger partial charge in [-0.2, -0.15) is 0 Å². The Bertz CT molecular complexity index is 807. The molecular weight excluding hydrogens is 323 g/mol. The molecule has 5 nitrogen and oxygen atoms in total. The summed E-state index contributed by atoms with van der Waals surface area (Å²) in [4.78, 5) is 25.5. The highest BCUT2D eigenvalue weighted by Gasteiger charge is 2.21. The summed E-state index contributed by atoms with van der Waals surface area (Å²) in [6.45, 7) is 2.28. The Hall–Kier alpha value is -2.89. The second-order valence-electron chi connectivity index (χ2n) is 5.94. The fourth-order valence-electron chi connectivity index (χ4n) is 2.73. The first-order valence-corrected chi connectivity index (χ1v) is 8.12. The molecule has 1 saturated heterocycles. The largest absolute Gasteiger partial charge is 0.484 e. The van der Waals surface area contributed by atoms with Crippen molar-refractivity contribution in [3.05, 3.63) is 53.8 Å². The maximum atomic E-state index is 13.3. The molecule has 1 fully saturated rings. The molecule has 0 unspecified atom stereocenters. The van der Waals surface area contributed by atoms with Crippen LogP contribution in [0.3, 0.4) is 0 Å². The molecule has 0 aliphatic carbocycles. The minimum absolute atomic E-state index is 0.0940. The molecule has 2 amide bonds. The zero-order chi connectivity index (χ0) is 17.8. The Balaban J connectivity index is 1.60. The molecule has 0 radical (unpaired) electrons. The van der Waals surface area contributed by atoms with Gasteiger partial charge in [0.15, 0.2) is 6.61 Å². The summed E-state index contributed by atoms with van der Waals surface area (Å²) in [5.74, 6) is -0.194. The van der Waals surface area contributed by atoms with Crippen molar-refractivity contribution < 1.29 is 18.7 Å². The van der Waals surface area contributed by atoms with Crippen LogP contribution in [0, 0.1) is 12.7 Å². The summed E-state index contributed by atoms with van der Waals surface area (Å²) in [5, 5.41) is 2.63. The summed E-state index contributed by atoms with van der Waals surface area (Å²) < 4.78 is 18.8. The average molecular weight is 342 g/mol. The minimum atomic E-state index is -0.412. The van der Waals surface area contributed by atoms with Crippen LogP contribution in [-0.2, 0) is 9.59 Å².